The molecule has 0 fully saturated rings. The molecule has 1 heterocycles. The van der Waals surface area contributed by atoms with Gasteiger partial charge in [-0.25, -0.2) is 27.3 Å². The van der Waals surface area contributed by atoms with Crippen LogP contribution in [0.1, 0.15) is 46.3 Å². The number of nitrogens with zero attached hydrogens (tertiary/aromatic N) is 1. The number of hydrogen-bond donors (Lipinski definition) is 1. The van der Waals surface area contributed by atoms with Crippen LogP contribution >= 0.6 is 11.6 Å². The Balaban J connectivity index is 1.73. The fourth-order valence-corrected chi connectivity index (χ4v) is 3.97. The van der Waals surface area contributed by atoms with Crippen molar-refractivity contribution in [2.45, 2.75) is 25.9 Å². The van der Waals surface area contributed by atoms with Crippen molar-refractivity contribution < 1.29 is 32.2 Å². The molecule has 1 aliphatic carbocycles. The predicted molar refractivity (Wildman–Crippen MR) is 114 cm³/mol. The second kappa shape index (κ2) is 9.23. The minimum atomic E-state index is -1.38. The van der Waals surface area contributed by atoms with E-state index in [1.54, 1.807) is 6.07 Å². The summed E-state index contributed by atoms with van der Waals surface area (Å²) in [6.45, 7) is -0.410. The van der Waals surface area contributed by atoms with E-state index in [9.17, 15) is 27.5 Å². The Hall–Kier alpha value is -3.39. The van der Waals surface area contributed by atoms with Crippen LogP contribution < -0.4 is 4.74 Å². The van der Waals surface area contributed by atoms with Crippen LogP contribution in [0.15, 0.2) is 42.6 Å². The SMILES string of the molecule is O=C(O)c1cc(C2=C(c3cc(Cl)cnc3OCc3cc(F)c(F)cc3F)CCC2)ccc1F. The number of aromatic carboxylic acids is 1. The van der Waals surface area contributed by atoms with Crippen molar-refractivity contribution in [3.8, 4) is 5.88 Å². The zero-order chi connectivity index (χ0) is 23.7. The van der Waals surface area contributed by atoms with Gasteiger partial charge in [-0.1, -0.05) is 17.7 Å². The molecule has 0 aliphatic heterocycles. The zero-order valence-corrected chi connectivity index (χ0v) is 17.7. The Morgan fingerprint density at radius 2 is 1.70 bits per heavy atom. The summed E-state index contributed by atoms with van der Waals surface area (Å²) in [6, 6.07) is 6.63. The third-order valence-electron chi connectivity index (χ3n) is 5.36. The Bertz CT molecular complexity index is 1290. The highest BCUT2D eigenvalue weighted by Crippen LogP contribution is 2.43. The van der Waals surface area contributed by atoms with Gasteiger partial charge in [0, 0.05) is 23.4 Å². The van der Waals surface area contributed by atoms with Crippen LogP contribution in [0, 0.1) is 23.3 Å². The maximum Gasteiger partial charge on any atom is 0.338 e. The van der Waals surface area contributed by atoms with Crippen LogP contribution in [0.4, 0.5) is 17.6 Å². The standard InChI is InChI=1S/C24H16ClF4NO3/c25-14-8-17(23(30-10-14)33-11-13-7-21(28)22(29)9-20(13)27)16-3-1-2-15(16)12-4-5-19(26)18(6-12)24(31)32/h4-10H,1-3,11H2,(H,31,32). The lowest BCUT2D eigenvalue weighted by atomic mass is 9.96. The number of allylic oxidation sites excluding steroid dienone is 2. The average molecular weight is 478 g/mol. The van der Waals surface area contributed by atoms with Crippen LogP contribution in [-0.4, -0.2) is 16.1 Å². The number of rotatable bonds is 6. The van der Waals surface area contributed by atoms with Gasteiger partial charge in [0.05, 0.1) is 10.6 Å². The molecule has 0 amide bonds. The monoisotopic (exact) mass is 477 g/mol. The molecule has 0 bridgehead atoms. The summed E-state index contributed by atoms with van der Waals surface area (Å²) in [5.74, 6) is -5.59. The summed E-state index contributed by atoms with van der Waals surface area (Å²) >= 11 is 6.14. The maximum absolute atomic E-state index is 14.0. The number of benzene rings is 2. The van der Waals surface area contributed by atoms with E-state index in [1.165, 1.54) is 18.3 Å². The average Bonchev–Trinajstić information content (AvgIpc) is 3.26. The maximum atomic E-state index is 14.0. The van der Waals surface area contributed by atoms with Gasteiger partial charge in [-0.3, -0.25) is 0 Å². The Morgan fingerprint density at radius 3 is 2.45 bits per heavy atom. The van der Waals surface area contributed by atoms with Crippen molar-refractivity contribution in [1.82, 2.24) is 4.98 Å². The van der Waals surface area contributed by atoms with Gasteiger partial charge in [-0.2, -0.15) is 0 Å². The van der Waals surface area contributed by atoms with Crippen molar-refractivity contribution in [2.75, 3.05) is 0 Å². The summed E-state index contributed by atoms with van der Waals surface area (Å²) < 4.78 is 60.2. The van der Waals surface area contributed by atoms with E-state index >= 15 is 0 Å². The fraction of sp³-hybridized carbons (Fsp3) is 0.167. The van der Waals surface area contributed by atoms with Gasteiger partial charge in [0.2, 0.25) is 5.88 Å². The highest BCUT2D eigenvalue weighted by Gasteiger charge is 2.23. The number of ether oxygens (including phenoxy) is 1. The Kier molecular flexibility index (Phi) is 6.37. The van der Waals surface area contributed by atoms with Crippen molar-refractivity contribution in [3.63, 3.8) is 0 Å². The van der Waals surface area contributed by atoms with Crippen LogP contribution in [0.5, 0.6) is 5.88 Å². The second-order valence-corrected chi connectivity index (χ2v) is 7.90. The molecule has 33 heavy (non-hydrogen) atoms. The molecule has 0 saturated heterocycles. The smallest absolute Gasteiger partial charge is 0.338 e. The van der Waals surface area contributed by atoms with Crippen LogP contribution in [0.3, 0.4) is 0 Å². The van der Waals surface area contributed by atoms with E-state index in [-0.39, 0.29) is 11.4 Å². The summed E-state index contributed by atoms with van der Waals surface area (Å²) in [4.78, 5) is 15.5. The third kappa shape index (κ3) is 4.71. The van der Waals surface area contributed by atoms with Crippen LogP contribution in [0.2, 0.25) is 5.02 Å². The molecule has 4 nitrogen and oxygen atoms in total. The van der Waals surface area contributed by atoms with Gasteiger partial charge in [0.15, 0.2) is 11.6 Å². The van der Waals surface area contributed by atoms with Crippen molar-refractivity contribution in [2.24, 2.45) is 0 Å². The molecule has 0 saturated carbocycles. The first-order chi connectivity index (χ1) is 15.7. The zero-order valence-electron chi connectivity index (χ0n) is 17.0. The Morgan fingerprint density at radius 1 is 0.970 bits per heavy atom. The van der Waals surface area contributed by atoms with Gasteiger partial charge in [0.1, 0.15) is 18.2 Å². The lowest BCUT2D eigenvalue weighted by Gasteiger charge is -2.15. The third-order valence-corrected chi connectivity index (χ3v) is 5.57. The van der Waals surface area contributed by atoms with E-state index < -0.39 is 41.4 Å². The molecule has 1 aromatic heterocycles. The second-order valence-electron chi connectivity index (χ2n) is 7.46. The van der Waals surface area contributed by atoms with E-state index in [1.807, 2.05) is 0 Å². The first-order valence-electron chi connectivity index (χ1n) is 9.92. The number of halogens is 5. The fourth-order valence-electron chi connectivity index (χ4n) is 3.81. The molecule has 170 valence electrons. The molecule has 0 spiro atoms. The van der Waals surface area contributed by atoms with Gasteiger partial charge in [0.25, 0.3) is 0 Å². The molecule has 0 unspecified atom stereocenters. The summed E-state index contributed by atoms with van der Waals surface area (Å²) in [6.07, 6.45) is 3.27. The largest absolute Gasteiger partial charge is 0.478 e. The summed E-state index contributed by atoms with van der Waals surface area (Å²) in [5, 5.41) is 9.56. The minimum Gasteiger partial charge on any atom is -0.478 e. The molecule has 0 atom stereocenters. The van der Waals surface area contributed by atoms with Crippen molar-refractivity contribution in [1.29, 1.82) is 0 Å². The number of carboxylic acid groups (broad SMARTS) is 1. The van der Waals surface area contributed by atoms with Gasteiger partial charge in [-0.05, 0) is 60.2 Å². The van der Waals surface area contributed by atoms with E-state index in [0.29, 0.717) is 41.1 Å². The molecule has 1 aliphatic rings. The van der Waals surface area contributed by atoms with Crippen molar-refractivity contribution >= 4 is 28.7 Å². The molecule has 2 aromatic carbocycles. The number of carboxylic acids is 1. The summed E-state index contributed by atoms with van der Waals surface area (Å²) in [5.41, 5.74) is 1.96. The summed E-state index contributed by atoms with van der Waals surface area (Å²) in [7, 11) is 0. The lowest BCUT2D eigenvalue weighted by Crippen LogP contribution is -2.04. The van der Waals surface area contributed by atoms with Gasteiger partial charge < -0.3 is 9.84 Å². The molecule has 0 radical (unpaired) electrons. The predicted octanol–water partition coefficient (Wildman–Crippen LogP) is 6.66. The van der Waals surface area contributed by atoms with Gasteiger partial charge >= 0.3 is 5.97 Å². The van der Waals surface area contributed by atoms with Crippen LogP contribution in [-0.2, 0) is 6.61 Å². The van der Waals surface area contributed by atoms with Gasteiger partial charge in [-0.15, -0.1) is 0 Å². The molecule has 3 aromatic rings. The first kappa shape index (κ1) is 22.8. The van der Waals surface area contributed by atoms with E-state index in [0.717, 1.165) is 23.6 Å². The molecular formula is C24H16ClF4NO3. The van der Waals surface area contributed by atoms with Crippen molar-refractivity contribution in [3.05, 3.63) is 93.1 Å². The lowest BCUT2D eigenvalue weighted by molar-refractivity contribution is 0.0692. The molecule has 1 N–H and O–H groups in total. The molecule has 9 heteroatoms. The normalized spacial score (nSPS) is 13.5. The quantitative estimate of drug-likeness (QED) is 0.318. The number of hydrogen-bond acceptors (Lipinski definition) is 3. The minimum absolute atomic E-state index is 0.0958. The molecular weight excluding hydrogens is 462 g/mol. The first-order valence-corrected chi connectivity index (χ1v) is 10.3. The number of carbonyl (C=O) groups is 1. The molecule has 4 rings (SSSR count). The van der Waals surface area contributed by atoms with E-state index in [4.69, 9.17) is 16.3 Å². The number of aromatic nitrogens is 1. The Labute approximate surface area is 191 Å². The number of pyridine rings is 1. The highest BCUT2D eigenvalue weighted by atomic mass is 35.5. The topological polar surface area (TPSA) is 59.4 Å². The van der Waals surface area contributed by atoms with E-state index in [2.05, 4.69) is 4.98 Å². The highest BCUT2D eigenvalue weighted by molar-refractivity contribution is 6.30. The van der Waals surface area contributed by atoms with Crippen LogP contribution in [0.25, 0.3) is 11.1 Å².